The largest absolute Gasteiger partial charge is 0.465 e. The number of hydrogen-bond acceptors (Lipinski definition) is 3. The Morgan fingerprint density at radius 2 is 1.76 bits per heavy atom. The minimum absolute atomic E-state index is 0.0388. The number of carbonyl (C=O) groups excluding carboxylic acids is 1. The third kappa shape index (κ3) is 4.76. The fraction of sp³-hybridized carbons (Fsp3) is 0.353. The van der Waals surface area contributed by atoms with Gasteiger partial charge in [0.1, 0.15) is 11.5 Å². The van der Waals surface area contributed by atoms with Crippen LogP contribution in [0, 0.1) is 6.92 Å². The zero-order valence-electron chi connectivity index (χ0n) is 12.6. The molecule has 0 aliphatic heterocycles. The third-order valence-electron chi connectivity index (χ3n) is 3.27. The van der Waals surface area contributed by atoms with Gasteiger partial charge in [0.15, 0.2) is 0 Å². The van der Waals surface area contributed by atoms with Gasteiger partial charge in [-0.15, -0.1) is 0 Å². The molecule has 0 unspecified atom stereocenters. The molecule has 0 aliphatic carbocycles. The maximum absolute atomic E-state index is 11.9. The first-order chi connectivity index (χ1) is 10.2. The summed E-state index contributed by atoms with van der Waals surface area (Å²) in [6.07, 6.45) is 0.909. The van der Waals surface area contributed by atoms with Gasteiger partial charge in [-0.3, -0.25) is 4.79 Å². The smallest absolute Gasteiger partial charge is 0.251 e. The van der Waals surface area contributed by atoms with Crippen LogP contribution in [0.1, 0.15) is 34.4 Å². The van der Waals surface area contributed by atoms with Crippen molar-refractivity contribution in [1.82, 2.24) is 10.6 Å². The van der Waals surface area contributed by atoms with Gasteiger partial charge >= 0.3 is 0 Å². The van der Waals surface area contributed by atoms with E-state index < -0.39 is 0 Å². The van der Waals surface area contributed by atoms with Crippen molar-refractivity contribution >= 4 is 5.91 Å². The van der Waals surface area contributed by atoms with Gasteiger partial charge in [-0.25, -0.2) is 0 Å². The molecule has 0 radical (unpaired) electrons. The molecule has 0 aliphatic rings. The average molecular weight is 286 g/mol. The Kier molecular flexibility index (Phi) is 5.58. The Morgan fingerprint density at radius 3 is 2.43 bits per heavy atom. The molecule has 2 rings (SSSR count). The molecule has 0 spiro atoms. The van der Waals surface area contributed by atoms with Gasteiger partial charge in [0.25, 0.3) is 5.91 Å². The van der Waals surface area contributed by atoms with E-state index in [2.05, 4.69) is 17.6 Å². The Bertz CT molecular complexity index is 573. The number of nitrogens with one attached hydrogen (secondary N) is 2. The Balaban J connectivity index is 1.65. The van der Waals surface area contributed by atoms with Crippen LogP contribution < -0.4 is 10.6 Å². The fourth-order valence-corrected chi connectivity index (χ4v) is 1.99. The average Bonchev–Trinajstić information content (AvgIpc) is 2.95. The van der Waals surface area contributed by atoms with Gasteiger partial charge in [-0.05, 0) is 31.2 Å². The number of aryl methyl sites for hydroxylation is 2. The molecule has 2 aromatic rings. The predicted octanol–water partition coefficient (Wildman–Crippen LogP) is 2.67. The van der Waals surface area contributed by atoms with E-state index in [-0.39, 0.29) is 5.91 Å². The molecule has 2 N–H and O–H groups in total. The highest BCUT2D eigenvalue weighted by atomic mass is 16.3. The van der Waals surface area contributed by atoms with Gasteiger partial charge in [0, 0.05) is 25.1 Å². The monoisotopic (exact) mass is 286 g/mol. The third-order valence-corrected chi connectivity index (χ3v) is 3.27. The maximum Gasteiger partial charge on any atom is 0.251 e. The van der Waals surface area contributed by atoms with E-state index in [1.807, 2.05) is 43.3 Å². The Hall–Kier alpha value is -2.07. The van der Waals surface area contributed by atoms with Gasteiger partial charge < -0.3 is 15.1 Å². The van der Waals surface area contributed by atoms with Crippen LogP contribution in [-0.4, -0.2) is 19.0 Å². The summed E-state index contributed by atoms with van der Waals surface area (Å²) in [7, 11) is 0. The molecule has 0 saturated heterocycles. The minimum Gasteiger partial charge on any atom is -0.465 e. The molecule has 1 heterocycles. The van der Waals surface area contributed by atoms with E-state index in [9.17, 15) is 4.79 Å². The zero-order valence-corrected chi connectivity index (χ0v) is 12.6. The molecule has 0 atom stereocenters. The molecule has 4 nitrogen and oxygen atoms in total. The van der Waals surface area contributed by atoms with Gasteiger partial charge in [0.05, 0.1) is 6.54 Å². The van der Waals surface area contributed by atoms with Gasteiger partial charge in [-0.1, -0.05) is 24.6 Å². The fourth-order valence-electron chi connectivity index (χ4n) is 1.99. The number of furan rings is 1. The lowest BCUT2D eigenvalue weighted by Gasteiger charge is -2.06. The van der Waals surface area contributed by atoms with Crippen LogP contribution in [0.25, 0.3) is 0 Å². The van der Waals surface area contributed by atoms with E-state index in [0.717, 1.165) is 23.5 Å². The quantitative estimate of drug-likeness (QED) is 0.769. The summed E-state index contributed by atoms with van der Waals surface area (Å²) in [6.45, 7) is 6.05. The topological polar surface area (TPSA) is 54.3 Å². The highest BCUT2D eigenvalue weighted by molar-refractivity contribution is 5.94. The molecule has 1 amide bonds. The molecule has 0 fully saturated rings. The standard InChI is InChI=1S/C17H22N2O2/c1-3-15-8-9-16(21-15)12-18-10-11-19-17(20)14-6-4-13(2)5-7-14/h4-9,18H,3,10-12H2,1-2H3,(H,19,20). The molecular formula is C17H22N2O2. The van der Waals surface area contributed by atoms with E-state index >= 15 is 0 Å². The summed E-state index contributed by atoms with van der Waals surface area (Å²) in [5.41, 5.74) is 1.84. The van der Waals surface area contributed by atoms with E-state index in [1.54, 1.807) is 0 Å². The van der Waals surface area contributed by atoms with Crippen molar-refractivity contribution in [2.75, 3.05) is 13.1 Å². The molecule has 0 bridgehead atoms. The molecule has 1 aromatic heterocycles. The summed E-state index contributed by atoms with van der Waals surface area (Å²) >= 11 is 0. The minimum atomic E-state index is -0.0388. The SMILES string of the molecule is CCc1ccc(CNCCNC(=O)c2ccc(C)cc2)o1. The number of rotatable bonds is 7. The van der Waals surface area contributed by atoms with Crippen molar-refractivity contribution in [2.45, 2.75) is 26.8 Å². The second-order valence-electron chi connectivity index (χ2n) is 5.02. The first-order valence-electron chi connectivity index (χ1n) is 7.32. The van der Waals surface area contributed by atoms with Gasteiger partial charge in [-0.2, -0.15) is 0 Å². The van der Waals surface area contributed by atoms with E-state index in [4.69, 9.17) is 4.42 Å². The lowest BCUT2D eigenvalue weighted by atomic mass is 10.1. The van der Waals surface area contributed by atoms with E-state index in [0.29, 0.717) is 25.2 Å². The summed E-state index contributed by atoms with van der Waals surface area (Å²) < 4.78 is 5.59. The second-order valence-corrected chi connectivity index (χ2v) is 5.02. The van der Waals surface area contributed by atoms with Gasteiger partial charge in [0.2, 0.25) is 0 Å². The molecule has 21 heavy (non-hydrogen) atoms. The van der Waals surface area contributed by atoms with Crippen LogP contribution >= 0.6 is 0 Å². The first-order valence-corrected chi connectivity index (χ1v) is 7.32. The molecule has 0 saturated carbocycles. The van der Waals surface area contributed by atoms with Crippen LogP contribution in [-0.2, 0) is 13.0 Å². The number of hydrogen-bond donors (Lipinski definition) is 2. The Labute approximate surface area is 125 Å². The zero-order chi connectivity index (χ0) is 15.1. The van der Waals surface area contributed by atoms with Crippen LogP contribution in [0.2, 0.25) is 0 Å². The summed E-state index contributed by atoms with van der Waals surface area (Å²) in [4.78, 5) is 11.9. The van der Waals surface area contributed by atoms with Crippen molar-refractivity contribution in [1.29, 1.82) is 0 Å². The normalized spacial score (nSPS) is 10.6. The van der Waals surface area contributed by atoms with Crippen LogP contribution in [0.5, 0.6) is 0 Å². The summed E-state index contributed by atoms with van der Waals surface area (Å²) in [5.74, 6) is 1.89. The van der Waals surface area contributed by atoms with Crippen molar-refractivity contribution in [3.05, 3.63) is 59.0 Å². The van der Waals surface area contributed by atoms with Crippen molar-refractivity contribution in [2.24, 2.45) is 0 Å². The van der Waals surface area contributed by atoms with Crippen molar-refractivity contribution in [3.63, 3.8) is 0 Å². The van der Waals surface area contributed by atoms with E-state index in [1.165, 1.54) is 0 Å². The lowest BCUT2D eigenvalue weighted by Crippen LogP contribution is -2.31. The number of amides is 1. The number of benzene rings is 1. The van der Waals surface area contributed by atoms with Crippen LogP contribution in [0.4, 0.5) is 0 Å². The van der Waals surface area contributed by atoms with Crippen LogP contribution in [0.3, 0.4) is 0 Å². The lowest BCUT2D eigenvalue weighted by molar-refractivity contribution is 0.0954. The van der Waals surface area contributed by atoms with Crippen molar-refractivity contribution in [3.8, 4) is 0 Å². The second kappa shape index (κ2) is 7.64. The summed E-state index contributed by atoms with van der Waals surface area (Å²) in [6, 6.07) is 11.5. The molecule has 112 valence electrons. The molecular weight excluding hydrogens is 264 g/mol. The highest BCUT2D eigenvalue weighted by Crippen LogP contribution is 2.07. The maximum atomic E-state index is 11.9. The van der Waals surface area contributed by atoms with Crippen LogP contribution in [0.15, 0.2) is 40.8 Å². The predicted molar refractivity (Wildman–Crippen MR) is 83.3 cm³/mol. The highest BCUT2D eigenvalue weighted by Gasteiger charge is 2.04. The molecule has 4 heteroatoms. The Morgan fingerprint density at radius 1 is 1.05 bits per heavy atom. The number of carbonyl (C=O) groups is 1. The molecule has 1 aromatic carbocycles. The first kappa shape index (κ1) is 15.3. The summed E-state index contributed by atoms with van der Waals surface area (Å²) in [5, 5.41) is 6.14. The van der Waals surface area contributed by atoms with Crippen molar-refractivity contribution < 1.29 is 9.21 Å².